The number of aromatic nitrogens is 4. The van der Waals surface area contributed by atoms with Crippen molar-refractivity contribution < 1.29 is 19.1 Å². The van der Waals surface area contributed by atoms with E-state index in [0.717, 1.165) is 76.7 Å². The van der Waals surface area contributed by atoms with E-state index in [4.69, 9.17) is 4.74 Å². The van der Waals surface area contributed by atoms with Crippen LogP contribution in [0.2, 0.25) is 0 Å². The van der Waals surface area contributed by atoms with Gasteiger partial charge in [-0.1, -0.05) is 24.3 Å². The number of carbonyl (C=O) groups is 3. The number of hydrogen-bond acceptors (Lipinski definition) is 7. The Bertz CT molecular complexity index is 2380. The van der Waals surface area contributed by atoms with E-state index in [1.54, 1.807) is 4.90 Å². The Morgan fingerprint density at radius 1 is 0.793 bits per heavy atom. The van der Waals surface area contributed by atoms with Crippen LogP contribution in [-0.4, -0.2) is 97.2 Å². The number of rotatable bonds is 7. The van der Waals surface area contributed by atoms with Crippen molar-refractivity contribution in [1.82, 2.24) is 39.5 Å². The first kappa shape index (κ1) is 41.9. The van der Waals surface area contributed by atoms with Gasteiger partial charge in [0.15, 0.2) is 0 Å². The molecule has 8 rings (SSSR count). The molecule has 2 saturated heterocycles. The molecule has 6 aromatic rings. The van der Waals surface area contributed by atoms with Crippen molar-refractivity contribution in [2.45, 2.75) is 72.1 Å². The second-order valence-electron chi connectivity index (χ2n) is 15.7. The van der Waals surface area contributed by atoms with Crippen LogP contribution in [0.15, 0.2) is 97.1 Å². The third kappa shape index (κ3) is 9.19. The van der Waals surface area contributed by atoms with E-state index in [9.17, 15) is 14.4 Å². The summed E-state index contributed by atoms with van der Waals surface area (Å²) in [4.78, 5) is 50.7. The molecule has 2 aliphatic rings. The average molecular weight is 805 g/mol. The highest BCUT2D eigenvalue weighted by Crippen LogP contribution is 2.24. The minimum Gasteiger partial charge on any atom is -0.444 e. The van der Waals surface area contributed by atoms with Crippen molar-refractivity contribution in [3.05, 3.63) is 120 Å². The fraction of sp³-hybridized carbons (Fsp3) is 0.356. The van der Waals surface area contributed by atoms with E-state index in [0.29, 0.717) is 31.1 Å². The fourth-order valence-electron chi connectivity index (χ4n) is 7.74. The van der Waals surface area contributed by atoms with Crippen molar-refractivity contribution in [3.8, 4) is 11.4 Å². The van der Waals surface area contributed by atoms with Crippen molar-refractivity contribution in [1.29, 1.82) is 0 Å². The van der Waals surface area contributed by atoms with Gasteiger partial charge in [0.05, 0.1) is 22.1 Å². The molecule has 12 nitrogen and oxygen atoms in total. The van der Waals surface area contributed by atoms with E-state index in [2.05, 4.69) is 35.8 Å². The van der Waals surface area contributed by atoms with Crippen molar-refractivity contribution in [3.63, 3.8) is 0 Å². The molecule has 4 aromatic carbocycles. The number of fused-ring (bicyclic) bond motifs is 2. The third-order valence-electron chi connectivity index (χ3n) is 10.5. The summed E-state index contributed by atoms with van der Waals surface area (Å²) in [5.41, 5.74) is 6.82. The molecule has 0 spiro atoms. The Morgan fingerprint density at radius 3 is 1.83 bits per heavy atom. The standard InChI is InChI=1S/C24H28N4O3.C21H24N4O.ClH/c1-16-25-20-7-5-6-8-21(20)28(16)19-11-9-17(10-12-19)22(29)26-18-13-14-27(15-18)23(30)31-24(2,3)4;1-3-24(18-12-13-22-14-18)21(26)16-8-10-17(11-9-16)25-15(2)23-19-6-4-5-7-20(19)25;/h5-12,18H,13-15H2,1-4H3,(H,26,29);4-11,18,22H,3,12-14H2,1-2H3;1H/t2*18-;/m11./s1. The van der Waals surface area contributed by atoms with Crippen LogP contribution in [0.1, 0.15) is 72.9 Å². The smallest absolute Gasteiger partial charge is 0.410 e. The SMILES string of the molecule is CCN(C(=O)c1ccc(-n2c(C)nc3ccccc32)cc1)[C@@H]1CCNC1.Cc1nc2ccccc2n1-c1ccc(C(=O)N[C@@H]2CCN(C(=O)OC(C)(C)C)C2)cc1.Cl. The summed E-state index contributed by atoms with van der Waals surface area (Å²) in [6, 6.07) is 31.7. The lowest BCUT2D eigenvalue weighted by molar-refractivity contribution is 0.0289. The van der Waals surface area contributed by atoms with Crippen LogP contribution in [0.25, 0.3) is 33.4 Å². The predicted molar refractivity (Wildman–Crippen MR) is 231 cm³/mol. The van der Waals surface area contributed by atoms with Crippen LogP contribution < -0.4 is 10.6 Å². The zero-order chi connectivity index (χ0) is 40.3. The number of ether oxygens (including phenoxy) is 1. The Morgan fingerprint density at radius 2 is 1.33 bits per heavy atom. The molecule has 304 valence electrons. The van der Waals surface area contributed by atoms with Gasteiger partial charge in [-0.25, -0.2) is 14.8 Å². The monoisotopic (exact) mass is 804 g/mol. The van der Waals surface area contributed by atoms with Crippen molar-refractivity contribution in [2.75, 3.05) is 32.7 Å². The quantitative estimate of drug-likeness (QED) is 0.170. The van der Waals surface area contributed by atoms with Gasteiger partial charge in [-0.15, -0.1) is 12.4 Å². The third-order valence-corrected chi connectivity index (χ3v) is 10.5. The second-order valence-corrected chi connectivity index (χ2v) is 15.7. The summed E-state index contributed by atoms with van der Waals surface area (Å²) in [6.45, 7) is 15.2. The first-order chi connectivity index (χ1) is 27.4. The molecule has 2 aromatic heterocycles. The zero-order valence-electron chi connectivity index (χ0n) is 34.1. The van der Waals surface area contributed by atoms with Crippen LogP contribution in [0.5, 0.6) is 0 Å². The molecule has 4 heterocycles. The summed E-state index contributed by atoms with van der Waals surface area (Å²) < 4.78 is 9.62. The van der Waals surface area contributed by atoms with Crippen LogP contribution in [0, 0.1) is 13.8 Å². The van der Waals surface area contributed by atoms with Crippen molar-refractivity contribution >= 4 is 52.4 Å². The van der Waals surface area contributed by atoms with E-state index in [1.807, 2.05) is 137 Å². The number of hydrogen-bond donors (Lipinski definition) is 2. The Labute approximate surface area is 346 Å². The zero-order valence-corrected chi connectivity index (χ0v) is 34.9. The van der Waals surface area contributed by atoms with Gasteiger partial charge in [-0.2, -0.15) is 0 Å². The molecule has 0 aliphatic carbocycles. The molecule has 2 N–H and O–H groups in total. The molecule has 2 fully saturated rings. The number of amides is 3. The van der Waals surface area contributed by atoms with E-state index < -0.39 is 5.60 Å². The molecule has 0 radical (unpaired) electrons. The molecular weight excluding hydrogens is 752 g/mol. The number of para-hydroxylation sites is 4. The number of likely N-dealkylation sites (N-methyl/N-ethyl adjacent to an activating group) is 1. The number of benzene rings is 4. The fourth-order valence-corrected chi connectivity index (χ4v) is 7.74. The van der Waals surface area contributed by atoms with Crippen LogP contribution >= 0.6 is 12.4 Å². The maximum atomic E-state index is 12.9. The molecule has 13 heteroatoms. The van der Waals surface area contributed by atoms with Gasteiger partial charge in [-0.05, 0) is 134 Å². The minimum atomic E-state index is -0.529. The van der Waals surface area contributed by atoms with Gasteiger partial charge in [0.25, 0.3) is 11.8 Å². The summed E-state index contributed by atoms with van der Waals surface area (Å²) in [5.74, 6) is 1.80. The molecule has 58 heavy (non-hydrogen) atoms. The molecule has 2 aliphatic heterocycles. The summed E-state index contributed by atoms with van der Waals surface area (Å²) >= 11 is 0. The molecule has 0 bridgehead atoms. The topological polar surface area (TPSA) is 127 Å². The lowest BCUT2D eigenvalue weighted by Gasteiger charge is -2.27. The second kappa shape index (κ2) is 17.8. The van der Waals surface area contributed by atoms with Crippen molar-refractivity contribution in [2.24, 2.45) is 0 Å². The number of nitrogens with zero attached hydrogens (tertiary/aromatic N) is 6. The molecule has 0 unspecified atom stereocenters. The highest BCUT2D eigenvalue weighted by molar-refractivity contribution is 5.95. The van der Waals surface area contributed by atoms with Gasteiger partial charge in [0, 0.05) is 60.8 Å². The molecule has 3 amide bonds. The maximum Gasteiger partial charge on any atom is 0.410 e. The van der Waals surface area contributed by atoms with Crippen LogP contribution in [-0.2, 0) is 4.74 Å². The van der Waals surface area contributed by atoms with Gasteiger partial charge in [0.1, 0.15) is 17.2 Å². The minimum absolute atomic E-state index is 0. The lowest BCUT2D eigenvalue weighted by atomic mass is 10.1. The Kier molecular flexibility index (Phi) is 12.9. The molecule has 2 atom stereocenters. The first-order valence-corrected chi connectivity index (χ1v) is 19.8. The molecular formula is C45H53ClN8O4. The number of halogens is 1. The number of carbonyl (C=O) groups excluding carboxylic acids is 3. The van der Waals surface area contributed by atoms with Gasteiger partial charge in [0.2, 0.25) is 0 Å². The number of nitrogens with one attached hydrogen (secondary N) is 2. The van der Waals surface area contributed by atoms with Gasteiger partial charge < -0.3 is 25.2 Å². The average Bonchev–Trinajstić information content (AvgIpc) is 4.01. The Hall–Kier alpha value is -5.72. The normalized spacial score (nSPS) is 16.4. The van der Waals surface area contributed by atoms with Gasteiger partial charge in [-0.3, -0.25) is 18.7 Å². The Balaban J connectivity index is 0.000000195. The van der Waals surface area contributed by atoms with E-state index in [1.165, 1.54) is 0 Å². The lowest BCUT2D eigenvalue weighted by Crippen LogP contribution is -2.41. The number of imidazole rings is 2. The maximum absolute atomic E-state index is 12.9. The van der Waals surface area contributed by atoms with E-state index in [-0.39, 0.29) is 36.4 Å². The largest absolute Gasteiger partial charge is 0.444 e. The summed E-state index contributed by atoms with van der Waals surface area (Å²) in [6.07, 6.45) is 1.40. The summed E-state index contributed by atoms with van der Waals surface area (Å²) in [5, 5.41) is 6.37. The van der Waals surface area contributed by atoms with Crippen LogP contribution in [0.3, 0.4) is 0 Å². The molecule has 0 saturated carbocycles. The number of likely N-dealkylation sites (tertiary alicyclic amines) is 1. The predicted octanol–water partition coefficient (Wildman–Crippen LogP) is 7.65. The summed E-state index contributed by atoms with van der Waals surface area (Å²) in [7, 11) is 0. The number of aryl methyl sites for hydroxylation is 2. The van der Waals surface area contributed by atoms with E-state index >= 15 is 0 Å². The first-order valence-electron chi connectivity index (χ1n) is 19.8. The highest BCUT2D eigenvalue weighted by Gasteiger charge is 2.31. The van der Waals surface area contributed by atoms with Gasteiger partial charge >= 0.3 is 6.09 Å². The van der Waals surface area contributed by atoms with Crippen LogP contribution in [0.4, 0.5) is 4.79 Å². The highest BCUT2D eigenvalue weighted by atomic mass is 35.5.